The van der Waals surface area contributed by atoms with Crippen molar-refractivity contribution in [2.75, 3.05) is 47.5 Å². The van der Waals surface area contributed by atoms with Crippen LogP contribution >= 0.6 is 7.82 Å². The third-order valence-electron chi connectivity index (χ3n) is 7.90. The molecule has 0 saturated heterocycles. The van der Waals surface area contributed by atoms with Crippen molar-refractivity contribution in [2.45, 2.75) is 154 Å². The summed E-state index contributed by atoms with van der Waals surface area (Å²) in [6.07, 6.45) is 38.8. The molecule has 0 saturated carbocycles. The van der Waals surface area contributed by atoms with Gasteiger partial charge in [0.15, 0.2) is 0 Å². The lowest BCUT2D eigenvalue weighted by atomic mass is 10.0. The normalized spacial score (nSPS) is 14.4. The summed E-state index contributed by atoms with van der Waals surface area (Å²) in [6.45, 7) is 2.13. The first-order valence-electron chi connectivity index (χ1n) is 18.8. The SMILES string of the molecule is CCCCCCC/C=C\C/C=C\C/C=C\CCCCCCCCCCCCCCC(=O)OCC(O)COP(=O)(O)OCC[N+](C)(C)C. The molecule has 0 aliphatic heterocycles. The monoisotopic (exact) mass is 687 g/mol. The van der Waals surface area contributed by atoms with Gasteiger partial charge in [-0.2, -0.15) is 0 Å². The Balaban J connectivity index is 3.46. The van der Waals surface area contributed by atoms with Gasteiger partial charge in [0.05, 0.1) is 27.7 Å². The van der Waals surface area contributed by atoms with Crippen LogP contribution in [0.1, 0.15) is 148 Å². The van der Waals surface area contributed by atoms with E-state index in [9.17, 15) is 19.4 Å². The highest BCUT2D eigenvalue weighted by Gasteiger charge is 2.24. The van der Waals surface area contributed by atoms with E-state index in [0.717, 1.165) is 32.1 Å². The van der Waals surface area contributed by atoms with Gasteiger partial charge in [-0.1, -0.05) is 133 Å². The van der Waals surface area contributed by atoms with E-state index >= 15 is 0 Å². The number of hydrogen-bond acceptors (Lipinski definition) is 6. The van der Waals surface area contributed by atoms with Gasteiger partial charge in [-0.15, -0.1) is 0 Å². The van der Waals surface area contributed by atoms with Crippen LogP contribution < -0.4 is 0 Å². The fourth-order valence-electron chi connectivity index (χ4n) is 4.90. The van der Waals surface area contributed by atoms with Crippen LogP contribution in [-0.2, 0) is 23.1 Å². The summed E-state index contributed by atoms with van der Waals surface area (Å²) in [4.78, 5) is 21.6. The highest BCUT2D eigenvalue weighted by molar-refractivity contribution is 7.47. The van der Waals surface area contributed by atoms with Crippen LogP contribution in [0.2, 0.25) is 0 Å². The minimum absolute atomic E-state index is 0.0535. The van der Waals surface area contributed by atoms with Crippen LogP contribution in [0.3, 0.4) is 0 Å². The van der Waals surface area contributed by atoms with Gasteiger partial charge < -0.3 is 19.2 Å². The molecule has 0 fully saturated rings. The van der Waals surface area contributed by atoms with Crippen molar-refractivity contribution in [3.05, 3.63) is 36.5 Å². The number of aliphatic hydroxyl groups excluding tert-OH is 1. The number of quaternary nitrogens is 1. The van der Waals surface area contributed by atoms with Gasteiger partial charge in [0.1, 0.15) is 25.9 Å². The zero-order chi connectivity index (χ0) is 34.9. The van der Waals surface area contributed by atoms with E-state index < -0.39 is 20.5 Å². The zero-order valence-electron chi connectivity index (χ0n) is 30.8. The van der Waals surface area contributed by atoms with Crippen molar-refractivity contribution in [1.82, 2.24) is 0 Å². The molecule has 0 aromatic heterocycles. The quantitative estimate of drug-likeness (QED) is 0.0228. The molecule has 0 aliphatic rings. The molecule has 9 heteroatoms. The van der Waals surface area contributed by atoms with E-state index in [4.69, 9.17) is 13.8 Å². The standard InChI is InChI=1S/C38H72NO7P/c1-5-6-7-8-9-10-11-12-13-14-15-16-17-18-19-20-21-22-23-24-25-26-27-28-29-30-31-32-38(41)44-35-37(40)36-46-47(42,43)45-34-33-39(2,3)4/h11-12,14-15,17-18,37,40H,5-10,13,16,19-36H2,1-4H3/p+1/b12-11-,15-14-,18-17-. The van der Waals surface area contributed by atoms with Gasteiger partial charge in [-0.05, 0) is 44.9 Å². The molecule has 47 heavy (non-hydrogen) atoms. The molecule has 276 valence electrons. The number of esters is 1. The first-order valence-corrected chi connectivity index (χ1v) is 20.3. The second-order valence-corrected chi connectivity index (χ2v) is 15.3. The number of phosphoric ester groups is 1. The second kappa shape index (κ2) is 32.0. The molecule has 0 amide bonds. The van der Waals surface area contributed by atoms with E-state index in [2.05, 4.69) is 43.4 Å². The van der Waals surface area contributed by atoms with Crippen molar-refractivity contribution < 1.29 is 37.6 Å². The summed E-state index contributed by atoms with van der Waals surface area (Å²) < 4.78 is 27.2. The minimum Gasteiger partial charge on any atom is -0.463 e. The number of aliphatic hydroxyl groups is 1. The Bertz CT molecular complexity index is 853. The number of hydrogen-bond donors (Lipinski definition) is 2. The fourth-order valence-corrected chi connectivity index (χ4v) is 5.65. The highest BCUT2D eigenvalue weighted by Crippen LogP contribution is 2.43. The van der Waals surface area contributed by atoms with E-state index in [0.29, 0.717) is 17.4 Å². The maximum Gasteiger partial charge on any atom is 0.472 e. The van der Waals surface area contributed by atoms with Crippen LogP contribution in [0.5, 0.6) is 0 Å². The Morgan fingerprint density at radius 1 is 0.660 bits per heavy atom. The molecule has 0 aromatic carbocycles. The van der Waals surface area contributed by atoms with Crippen molar-refractivity contribution in [3.8, 4) is 0 Å². The van der Waals surface area contributed by atoms with Crippen molar-refractivity contribution in [2.24, 2.45) is 0 Å². The summed E-state index contributed by atoms with van der Waals surface area (Å²) in [6, 6.07) is 0. The van der Waals surface area contributed by atoms with Crippen LogP contribution in [0.15, 0.2) is 36.5 Å². The Morgan fingerprint density at radius 2 is 1.11 bits per heavy atom. The average molecular weight is 687 g/mol. The predicted molar refractivity (Wildman–Crippen MR) is 196 cm³/mol. The molecule has 0 rings (SSSR count). The molecule has 0 heterocycles. The second-order valence-electron chi connectivity index (χ2n) is 13.8. The van der Waals surface area contributed by atoms with Gasteiger partial charge in [0, 0.05) is 6.42 Å². The fraction of sp³-hybridized carbons (Fsp3) is 0.816. The van der Waals surface area contributed by atoms with Gasteiger partial charge >= 0.3 is 13.8 Å². The molecular weight excluding hydrogens is 613 g/mol. The predicted octanol–water partition coefficient (Wildman–Crippen LogP) is 10.0. The van der Waals surface area contributed by atoms with Gasteiger partial charge in [0.25, 0.3) is 0 Å². The number of phosphoric acid groups is 1. The van der Waals surface area contributed by atoms with Crippen LogP contribution in [0, 0.1) is 0 Å². The number of unbranched alkanes of at least 4 members (excludes halogenated alkanes) is 17. The third-order valence-corrected chi connectivity index (χ3v) is 8.89. The number of nitrogens with zero attached hydrogens (tertiary/aromatic N) is 1. The molecule has 0 spiro atoms. The summed E-state index contributed by atoms with van der Waals surface area (Å²) in [5.74, 6) is -0.374. The van der Waals surface area contributed by atoms with Gasteiger partial charge in [-0.25, -0.2) is 4.57 Å². The molecule has 0 bridgehead atoms. The summed E-state index contributed by atoms with van der Waals surface area (Å²) >= 11 is 0. The van der Waals surface area contributed by atoms with Crippen molar-refractivity contribution in [3.63, 3.8) is 0 Å². The van der Waals surface area contributed by atoms with E-state index in [1.165, 1.54) is 103 Å². The number of allylic oxidation sites excluding steroid dienone is 6. The molecule has 2 atom stereocenters. The smallest absolute Gasteiger partial charge is 0.463 e. The van der Waals surface area contributed by atoms with E-state index in [1.54, 1.807) is 0 Å². The summed E-state index contributed by atoms with van der Waals surface area (Å²) in [5, 5.41) is 9.89. The lowest BCUT2D eigenvalue weighted by Crippen LogP contribution is -2.37. The Morgan fingerprint density at radius 3 is 1.60 bits per heavy atom. The molecule has 0 aromatic rings. The topological polar surface area (TPSA) is 102 Å². The number of likely N-dealkylation sites (N-methyl/N-ethyl adjacent to an activating group) is 1. The lowest BCUT2D eigenvalue weighted by Gasteiger charge is -2.24. The maximum absolute atomic E-state index is 11.9. The molecular formula is C38H73NO7P+. The lowest BCUT2D eigenvalue weighted by molar-refractivity contribution is -0.870. The van der Waals surface area contributed by atoms with E-state index in [-0.39, 0.29) is 19.2 Å². The average Bonchev–Trinajstić information content (AvgIpc) is 3.01. The van der Waals surface area contributed by atoms with Crippen molar-refractivity contribution in [1.29, 1.82) is 0 Å². The number of carbonyl (C=O) groups excluding carboxylic acids is 1. The minimum atomic E-state index is -4.25. The van der Waals surface area contributed by atoms with Crippen LogP contribution in [-0.4, -0.2) is 74.1 Å². The summed E-state index contributed by atoms with van der Waals surface area (Å²) in [7, 11) is 1.56. The van der Waals surface area contributed by atoms with Crippen LogP contribution in [0.4, 0.5) is 0 Å². The number of carbonyl (C=O) groups is 1. The Labute approximate surface area is 289 Å². The number of ether oxygens (including phenoxy) is 1. The Kier molecular flexibility index (Phi) is 31.1. The molecule has 0 aliphatic carbocycles. The maximum atomic E-state index is 11.9. The van der Waals surface area contributed by atoms with Gasteiger partial charge in [0.2, 0.25) is 0 Å². The first-order chi connectivity index (χ1) is 22.6. The van der Waals surface area contributed by atoms with Crippen LogP contribution in [0.25, 0.3) is 0 Å². The van der Waals surface area contributed by atoms with E-state index in [1.807, 2.05) is 21.1 Å². The summed E-state index contributed by atoms with van der Waals surface area (Å²) in [5.41, 5.74) is 0. The molecule has 8 nitrogen and oxygen atoms in total. The highest BCUT2D eigenvalue weighted by atomic mass is 31.2. The molecule has 2 N–H and O–H groups in total. The number of rotatable bonds is 34. The molecule has 2 unspecified atom stereocenters. The first kappa shape index (κ1) is 45.7. The Hall–Kier alpha value is -1.28. The van der Waals surface area contributed by atoms with Gasteiger partial charge in [-0.3, -0.25) is 13.8 Å². The third kappa shape index (κ3) is 37.4. The zero-order valence-corrected chi connectivity index (χ0v) is 31.7. The molecule has 0 radical (unpaired) electrons. The van der Waals surface area contributed by atoms with Crippen molar-refractivity contribution >= 4 is 13.8 Å². The largest absolute Gasteiger partial charge is 0.472 e.